The lowest BCUT2D eigenvalue weighted by atomic mass is 10.2. The standard InChI is InChI=1S/C7H15N3S/c1-3-4-5-6(2)9-10-7(8)11/h3-5H2,1-2H3,(H3,8,10,11)/b9-6-. The highest BCUT2D eigenvalue weighted by Crippen LogP contribution is 1.95. The van der Waals surface area contributed by atoms with Gasteiger partial charge < -0.3 is 5.73 Å². The van der Waals surface area contributed by atoms with Crippen molar-refractivity contribution in [2.75, 3.05) is 0 Å². The molecule has 0 aliphatic rings. The molecule has 0 saturated carbocycles. The first-order valence-electron chi connectivity index (χ1n) is 3.75. The van der Waals surface area contributed by atoms with Gasteiger partial charge in [-0.05, 0) is 32.0 Å². The first-order valence-corrected chi connectivity index (χ1v) is 4.16. The summed E-state index contributed by atoms with van der Waals surface area (Å²) >= 11 is 4.59. The number of nitrogens with zero attached hydrogens (tertiary/aromatic N) is 1. The van der Waals surface area contributed by atoms with Gasteiger partial charge in [0.2, 0.25) is 0 Å². The molecule has 0 amide bonds. The maximum atomic E-state index is 5.18. The molecule has 0 atom stereocenters. The molecule has 0 fully saturated rings. The van der Waals surface area contributed by atoms with Crippen LogP contribution in [0.1, 0.15) is 33.1 Å². The van der Waals surface area contributed by atoms with Crippen LogP contribution in [0.25, 0.3) is 0 Å². The van der Waals surface area contributed by atoms with Gasteiger partial charge in [-0.2, -0.15) is 5.10 Å². The molecular weight excluding hydrogens is 158 g/mol. The Kier molecular flexibility index (Phi) is 5.74. The van der Waals surface area contributed by atoms with Gasteiger partial charge in [-0.25, -0.2) is 0 Å². The number of hydrogen-bond acceptors (Lipinski definition) is 2. The molecule has 0 rings (SSSR count). The first-order chi connectivity index (χ1) is 5.16. The van der Waals surface area contributed by atoms with Gasteiger partial charge in [0.15, 0.2) is 5.11 Å². The molecule has 0 spiro atoms. The van der Waals surface area contributed by atoms with Crippen LogP contribution in [0.3, 0.4) is 0 Å². The lowest BCUT2D eigenvalue weighted by Gasteiger charge is -1.99. The molecule has 3 nitrogen and oxygen atoms in total. The maximum absolute atomic E-state index is 5.18. The fourth-order valence-corrected chi connectivity index (χ4v) is 0.685. The molecule has 0 heterocycles. The van der Waals surface area contributed by atoms with Gasteiger partial charge in [0.05, 0.1) is 0 Å². The summed E-state index contributed by atoms with van der Waals surface area (Å²) in [5.74, 6) is 0. The second-order valence-corrected chi connectivity index (χ2v) is 2.87. The number of hydrogen-bond donors (Lipinski definition) is 2. The minimum absolute atomic E-state index is 0.223. The summed E-state index contributed by atoms with van der Waals surface area (Å²) in [6.45, 7) is 4.11. The molecule has 11 heavy (non-hydrogen) atoms. The zero-order valence-corrected chi connectivity index (χ0v) is 7.87. The minimum Gasteiger partial charge on any atom is -0.375 e. The summed E-state index contributed by atoms with van der Waals surface area (Å²) in [5.41, 5.74) is 8.78. The largest absolute Gasteiger partial charge is 0.375 e. The Hall–Kier alpha value is -0.640. The fraction of sp³-hybridized carbons (Fsp3) is 0.714. The van der Waals surface area contributed by atoms with Crippen molar-refractivity contribution in [3.63, 3.8) is 0 Å². The van der Waals surface area contributed by atoms with Gasteiger partial charge in [-0.1, -0.05) is 13.3 Å². The fourth-order valence-electron chi connectivity index (χ4n) is 0.639. The van der Waals surface area contributed by atoms with E-state index in [9.17, 15) is 0 Å². The monoisotopic (exact) mass is 173 g/mol. The highest BCUT2D eigenvalue weighted by Gasteiger charge is 1.89. The van der Waals surface area contributed by atoms with Crippen LogP contribution >= 0.6 is 12.2 Å². The van der Waals surface area contributed by atoms with E-state index in [1.165, 1.54) is 6.42 Å². The Bertz CT molecular complexity index is 154. The van der Waals surface area contributed by atoms with E-state index in [2.05, 4.69) is 29.7 Å². The topological polar surface area (TPSA) is 50.4 Å². The van der Waals surface area contributed by atoms with E-state index in [1.807, 2.05) is 6.92 Å². The molecular formula is C7H15N3S. The van der Waals surface area contributed by atoms with Crippen molar-refractivity contribution in [2.24, 2.45) is 10.8 Å². The Balaban J connectivity index is 3.54. The Labute approximate surface area is 73.0 Å². The Morgan fingerprint density at radius 3 is 2.73 bits per heavy atom. The van der Waals surface area contributed by atoms with Crippen LogP contribution in [0.15, 0.2) is 5.10 Å². The number of rotatable bonds is 4. The van der Waals surface area contributed by atoms with Gasteiger partial charge >= 0.3 is 0 Å². The Morgan fingerprint density at radius 2 is 2.27 bits per heavy atom. The summed E-state index contributed by atoms with van der Waals surface area (Å²) in [7, 11) is 0. The number of unbranched alkanes of at least 4 members (excludes halogenated alkanes) is 1. The van der Waals surface area contributed by atoms with Crippen LogP contribution in [0.5, 0.6) is 0 Å². The highest BCUT2D eigenvalue weighted by atomic mass is 32.1. The van der Waals surface area contributed by atoms with Gasteiger partial charge in [0.1, 0.15) is 0 Å². The average molecular weight is 173 g/mol. The zero-order chi connectivity index (χ0) is 8.69. The number of thiocarbonyl (C=S) groups is 1. The third kappa shape index (κ3) is 7.25. The van der Waals surface area contributed by atoms with Crippen LogP contribution in [-0.2, 0) is 0 Å². The van der Waals surface area contributed by atoms with Crippen LogP contribution in [0.2, 0.25) is 0 Å². The van der Waals surface area contributed by atoms with Crippen LogP contribution in [-0.4, -0.2) is 10.8 Å². The summed E-state index contributed by atoms with van der Waals surface area (Å²) < 4.78 is 0. The van der Waals surface area contributed by atoms with E-state index in [1.54, 1.807) is 0 Å². The summed E-state index contributed by atoms with van der Waals surface area (Å²) in [5, 5.41) is 4.18. The molecule has 0 aromatic rings. The van der Waals surface area contributed by atoms with Crippen molar-refractivity contribution in [2.45, 2.75) is 33.1 Å². The highest BCUT2D eigenvalue weighted by molar-refractivity contribution is 7.80. The van der Waals surface area contributed by atoms with Crippen molar-refractivity contribution in [3.8, 4) is 0 Å². The summed E-state index contributed by atoms with van der Waals surface area (Å²) in [6.07, 6.45) is 3.35. The lowest BCUT2D eigenvalue weighted by Crippen LogP contribution is -2.25. The first kappa shape index (κ1) is 10.4. The van der Waals surface area contributed by atoms with Gasteiger partial charge in [0, 0.05) is 5.71 Å². The van der Waals surface area contributed by atoms with Gasteiger partial charge in [0.25, 0.3) is 0 Å². The minimum atomic E-state index is 0.223. The zero-order valence-electron chi connectivity index (χ0n) is 7.05. The number of hydrazone groups is 1. The summed E-state index contributed by atoms with van der Waals surface area (Å²) in [6, 6.07) is 0. The smallest absolute Gasteiger partial charge is 0.184 e. The number of nitrogens with one attached hydrogen (secondary N) is 1. The van der Waals surface area contributed by atoms with Crippen LogP contribution in [0.4, 0.5) is 0 Å². The maximum Gasteiger partial charge on any atom is 0.184 e. The third-order valence-electron chi connectivity index (χ3n) is 1.25. The van der Waals surface area contributed by atoms with Gasteiger partial charge in [-0.15, -0.1) is 0 Å². The number of nitrogens with two attached hydrogens (primary N) is 1. The molecule has 64 valence electrons. The predicted molar refractivity (Wildman–Crippen MR) is 52.6 cm³/mol. The van der Waals surface area contributed by atoms with Crippen LogP contribution < -0.4 is 11.2 Å². The second-order valence-electron chi connectivity index (χ2n) is 2.43. The second kappa shape index (κ2) is 6.09. The molecule has 0 radical (unpaired) electrons. The van der Waals surface area contributed by atoms with E-state index < -0.39 is 0 Å². The van der Waals surface area contributed by atoms with Crippen molar-refractivity contribution in [1.29, 1.82) is 0 Å². The molecule has 0 aromatic heterocycles. The predicted octanol–water partition coefficient (Wildman–Crippen LogP) is 1.39. The van der Waals surface area contributed by atoms with E-state index in [0.29, 0.717) is 0 Å². The molecule has 0 bridgehead atoms. The molecule has 3 N–H and O–H groups in total. The molecule has 4 heteroatoms. The van der Waals surface area contributed by atoms with E-state index >= 15 is 0 Å². The molecule has 0 saturated heterocycles. The van der Waals surface area contributed by atoms with E-state index in [0.717, 1.165) is 18.6 Å². The Morgan fingerprint density at radius 1 is 1.64 bits per heavy atom. The van der Waals surface area contributed by atoms with E-state index in [4.69, 9.17) is 5.73 Å². The van der Waals surface area contributed by atoms with Crippen molar-refractivity contribution in [1.82, 2.24) is 5.43 Å². The quantitative estimate of drug-likeness (QED) is 0.384. The molecule has 0 aromatic carbocycles. The lowest BCUT2D eigenvalue weighted by molar-refractivity contribution is 0.825. The van der Waals surface area contributed by atoms with Crippen molar-refractivity contribution >= 4 is 23.0 Å². The van der Waals surface area contributed by atoms with Gasteiger partial charge in [-0.3, -0.25) is 5.43 Å². The van der Waals surface area contributed by atoms with E-state index in [-0.39, 0.29) is 5.11 Å². The normalized spacial score (nSPS) is 11.3. The SMILES string of the molecule is CCCC/C(C)=N\NC(N)=S. The van der Waals surface area contributed by atoms with Crippen molar-refractivity contribution < 1.29 is 0 Å². The average Bonchev–Trinajstić information content (AvgIpc) is 1.97. The molecule has 0 aliphatic carbocycles. The van der Waals surface area contributed by atoms with Crippen LogP contribution in [0, 0.1) is 0 Å². The molecule has 0 aliphatic heterocycles. The third-order valence-corrected chi connectivity index (χ3v) is 1.34. The summed E-state index contributed by atoms with van der Waals surface area (Å²) in [4.78, 5) is 0. The molecule has 0 unspecified atom stereocenters. The van der Waals surface area contributed by atoms with Crippen molar-refractivity contribution in [3.05, 3.63) is 0 Å².